The summed E-state index contributed by atoms with van der Waals surface area (Å²) in [5.74, 6) is -1.40. The summed E-state index contributed by atoms with van der Waals surface area (Å²) in [7, 11) is 0. The van der Waals surface area contributed by atoms with Crippen molar-refractivity contribution in [2.45, 2.75) is 50.3 Å². The maximum absolute atomic E-state index is 12.0. The number of ketones is 1. The molecule has 0 bridgehead atoms. The molecule has 0 aromatic heterocycles. The molecule has 0 aromatic rings. The van der Waals surface area contributed by atoms with Gasteiger partial charge in [-0.3, -0.25) is 14.3 Å². The zero-order valence-corrected chi connectivity index (χ0v) is 13.2. The smallest absolute Gasteiger partial charge is 0.465 e. The van der Waals surface area contributed by atoms with Crippen LogP contribution in [0.25, 0.3) is 0 Å². The van der Waals surface area contributed by atoms with E-state index in [4.69, 9.17) is 9.84 Å². The predicted octanol–water partition coefficient (Wildman–Crippen LogP) is 0.802. The number of carbonyl (C=O) groups is 3. The highest BCUT2D eigenvalue weighted by atomic mass is 19.4. The Kier molecular flexibility index (Phi) is 6.22. The Balaban J connectivity index is 1.63. The number of carboxylic acid groups (broad SMARTS) is 1. The van der Waals surface area contributed by atoms with Crippen molar-refractivity contribution < 1.29 is 42.1 Å². The third-order valence-corrected chi connectivity index (χ3v) is 4.18. The fourth-order valence-electron chi connectivity index (χ4n) is 2.79. The van der Waals surface area contributed by atoms with Crippen LogP contribution in [0, 0.1) is 5.92 Å². The number of nitrogens with one attached hydrogen (secondary N) is 2. The number of alkyl halides is 3. The summed E-state index contributed by atoms with van der Waals surface area (Å²) in [6.45, 7) is -0.226. The zero-order chi connectivity index (χ0) is 18.6. The average Bonchev–Trinajstić information content (AvgIpc) is 2.47. The van der Waals surface area contributed by atoms with E-state index >= 15 is 0 Å². The van der Waals surface area contributed by atoms with Gasteiger partial charge in [0.25, 0.3) is 0 Å². The molecule has 2 rings (SSSR count). The van der Waals surface area contributed by atoms with Gasteiger partial charge in [-0.15, -0.1) is 13.2 Å². The number of carbonyl (C=O) groups excluding carboxylic acids is 2. The van der Waals surface area contributed by atoms with E-state index in [9.17, 15) is 27.6 Å². The number of ether oxygens (including phenoxy) is 2. The molecule has 0 unspecified atom stereocenters. The SMILES string of the molecule is O=C(O)N[C@@H]1CC[C@@H](C(=O)NCC(=O)C2CC(OC(F)(F)F)C2)OC1. The Morgan fingerprint density at radius 2 is 1.88 bits per heavy atom. The molecule has 1 saturated heterocycles. The molecule has 2 atom stereocenters. The number of amides is 2. The minimum atomic E-state index is -4.71. The van der Waals surface area contributed by atoms with Crippen LogP contribution >= 0.6 is 0 Å². The van der Waals surface area contributed by atoms with Gasteiger partial charge in [-0.25, -0.2) is 4.79 Å². The van der Waals surface area contributed by atoms with E-state index < -0.39 is 36.5 Å². The summed E-state index contributed by atoms with van der Waals surface area (Å²) in [5, 5.41) is 13.3. The number of rotatable bonds is 6. The van der Waals surface area contributed by atoms with E-state index in [1.54, 1.807) is 0 Å². The van der Waals surface area contributed by atoms with Crippen molar-refractivity contribution >= 4 is 17.8 Å². The highest BCUT2D eigenvalue weighted by molar-refractivity contribution is 5.89. The summed E-state index contributed by atoms with van der Waals surface area (Å²) < 4.78 is 45.1. The number of hydrogen-bond donors (Lipinski definition) is 3. The Hall–Kier alpha value is -1.88. The summed E-state index contributed by atoms with van der Waals surface area (Å²) in [6, 6.07) is -0.385. The topological polar surface area (TPSA) is 114 Å². The molecule has 1 heterocycles. The van der Waals surface area contributed by atoms with Crippen molar-refractivity contribution in [3.63, 3.8) is 0 Å². The second-order valence-electron chi connectivity index (χ2n) is 6.08. The largest absolute Gasteiger partial charge is 0.522 e. The van der Waals surface area contributed by atoms with E-state index in [0.717, 1.165) is 0 Å². The molecule has 2 aliphatic rings. The normalized spacial score (nSPS) is 29.4. The summed E-state index contributed by atoms with van der Waals surface area (Å²) in [6.07, 6.45) is -6.97. The van der Waals surface area contributed by atoms with Crippen LogP contribution < -0.4 is 10.6 Å². The van der Waals surface area contributed by atoms with E-state index in [-0.39, 0.29) is 37.8 Å². The second-order valence-corrected chi connectivity index (χ2v) is 6.08. The van der Waals surface area contributed by atoms with Crippen LogP contribution in [0.5, 0.6) is 0 Å². The van der Waals surface area contributed by atoms with Crippen LogP contribution in [0.4, 0.5) is 18.0 Å². The monoisotopic (exact) mass is 368 g/mol. The second kappa shape index (κ2) is 8.00. The molecule has 11 heteroatoms. The molecule has 1 aliphatic carbocycles. The fraction of sp³-hybridized carbons (Fsp3) is 0.786. The first-order chi connectivity index (χ1) is 11.6. The molecule has 0 radical (unpaired) electrons. The van der Waals surface area contributed by atoms with Crippen LogP contribution in [0.1, 0.15) is 25.7 Å². The maximum atomic E-state index is 12.0. The van der Waals surface area contributed by atoms with Gasteiger partial charge in [0.15, 0.2) is 5.78 Å². The quantitative estimate of drug-likeness (QED) is 0.639. The number of Topliss-reactive ketones (excluding diaryl/α,β-unsaturated/α-hetero) is 1. The Bertz CT molecular complexity index is 513. The lowest BCUT2D eigenvalue weighted by molar-refractivity contribution is -0.353. The van der Waals surface area contributed by atoms with Crippen molar-refractivity contribution in [3.05, 3.63) is 0 Å². The highest BCUT2D eigenvalue weighted by Crippen LogP contribution is 2.35. The van der Waals surface area contributed by atoms with Crippen LogP contribution in [0.15, 0.2) is 0 Å². The van der Waals surface area contributed by atoms with E-state index in [2.05, 4.69) is 15.4 Å². The number of hydrogen-bond acceptors (Lipinski definition) is 5. The van der Waals surface area contributed by atoms with Gasteiger partial charge in [-0.1, -0.05) is 0 Å². The van der Waals surface area contributed by atoms with Crippen LogP contribution in [-0.2, 0) is 19.1 Å². The van der Waals surface area contributed by atoms with Gasteiger partial charge in [-0.05, 0) is 25.7 Å². The zero-order valence-electron chi connectivity index (χ0n) is 13.2. The first kappa shape index (κ1) is 19.4. The number of halogens is 3. The Morgan fingerprint density at radius 1 is 1.20 bits per heavy atom. The van der Waals surface area contributed by atoms with Crippen molar-refractivity contribution in [2.24, 2.45) is 5.92 Å². The lowest BCUT2D eigenvalue weighted by Crippen LogP contribution is -2.48. The third-order valence-electron chi connectivity index (χ3n) is 4.18. The standard InChI is InChI=1S/C14H19F3N2O6/c15-14(16,17)25-9-3-7(4-9)10(20)5-18-12(21)11-2-1-8(6-24-11)19-13(22)23/h7-9,11,19H,1-6H2,(H,18,21)(H,22,23)/t7?,8-,9?,11+/m1/s1. The molecule has 2 fully saturated rings. The van der Waals surface area contributed by atoms with E-state index in [1.807, 2.05) is 0 Å². The molecule has 2 amide bonds. The van der Waals surface area contributed by atoms with Gasteiger partial charge < -0.3 is 20.5 Å². The molecule has 3 N–H and O–H groups in total. The minimum absolute atomic E-state index is 0.0172. The first-order valence-corrected chi connectivity index (χ1v) is 7.80. The maximum Gasteiger partial charge on any atom is 0.522 e. The fourth-order valence-corrected chi connectivity index (χ4v) is 2.79. The molecule has 1 aliphatic heterocycles. The van der Waals surface area contributed by atoms with Crippen molar-refractivity contribution in [2.75, 3.05) is 13.2 Å². The molecule has 0 spiro atoms. The Labute approximate surface area is 141 Å². The summed E-state index contributed by atoms with van der Waals surface area (Å²) >= 11 is 0. The van der Waals surface area contributed by atoms with Crippen molar-refractivity contribution in [1.29, 1.82) is 0 Å². The minimum Gasteiger partial charge on any atom is -0.465 e. The highest BCUT2D eigenvalue weighted by Gasteiger charge is 2.42. The van der Waals surface area contributed by atoms with Gasteiger partial charge in [0.2, 0.25) is 5.91 Å². The average molecular weight is 368 g/mol. The van der Waals surface area contributed by atoms with Crippen LogP contribution in [0.2, 0.25) is 0 Å². The lowest BCUT2D eigenvalue weighted by Gasteiger charge is -2.34. The van der Waals surface area contributed by atoms with Gasteiger partial charge in [0, 0.05) is 5.92 Å². The molecule has 142 valence electrons. The van der Waals surface area contributed by atoms with Gasteiger partial charge in [0.1, 0.15) is 6.10 Å². The molecule has 8 nitrogen and oxygen atoms in total. The summed E-state index contributed by atoms with van der Waals surface area (Å²) in [4.78, 5) is 34.2. The van der Waals surface area contributed by atoms with Crippen LogP contribution in [0.3, 0.4) is 0 Å². The molecule has 1 saturated carbocycles. The molecule has 25 heavy (non-hydrogen) atoms. The van der Waals surface area contributed by atoms with Crippen LogP contribution in [-0.4, -0.2) is 60.7 Å². The first-order valence-electron chi connectivity index (χ1n) is 7.80. The molecular weight excluding hydrogens is 349 g/mol. The van der Waals surface area contributed by atoms with Gasteiger partial charge in [0.05, 0.1) is 25.3 Å². The third kappa shape index (κ3) is 6.16. The van der Waals surface area contributed by atoms with E-state index in [1.165, 1.54) is 0 Å². The van der Waals surface area contributed by atoms with Crippen molar-refractivity contribution in [1.82, 2.24) is 10.6 Å². The molecule has 0 aromatic carbocycles. The molecular formula is C14H19F3N2O6. The predicted molar refractivity (Wildman–Crippen MR) is 75.6 cm³/mol. The Morgan fingerprint density at radius 3 is 2.40 bits per heavy atom. The van der Waals surface area contributed by atoms with Gasteiger partial charge >= 0.3 is 12.5 Å². The van der Waals surface area contributed by atoms with Gasteiger partial charge in [-0.2, -0.15) is 0 Å². The van der Waals surface area contributed by atoms with Crippen molar-refractivity contribution in [3.8, 4) is 0 Å². The summed E-state index contributed by atoms with van der Waals surface area (Å²) in [5.41, 5.74) is 0. The lowest BCUT2D eigenvalue weighted by atomic mass is 9.79. The van der Waals surface area contributed by atoms with E-state index in [0.29, 0.717) is 12.8 Å².